The fraction of sp³-hybridized carbons (Fsp3) is 0.909. The molecule has 0 aromatic heterocycles. The SMILES string of the molecule is CC(C)(C)SC(=O)C[C@@H](O[Si](C)(C)C)C(F)(F)F. The largest absolute Gasteiger partial charge is 0.413 e. The van der Waals surface area contributed by atoms with Crippen molar-refractivity contribution in [1.82, 2.24) is 0 Å². The van der Waals surface area contributed by atoms with Crippen LogP contribution in [0, 0.1) is 0 Å². The Morgan fingerprint density at radius 2 is 1.67 bits per heavy atom. The standard InChI is InChI=1S/C11H21F3O2SSi/c1-10(2,3)17-9(15)7-8(11(12,13)14)16-18(4,5)6/h8H,7H2,1-6H3/t8-/m1/s1. The Morgan fingerprint density at radius 3 is 1.94 bits per heavy atom. The van der Waals surface area contributed by atoms with E-state index in [1.807, 2.05) is 0 Å². The van der Waals surface area contributed by atoms with Crippen molar-refractivity contribution in [2.24, 2.45) is 0 Å². The molecule has 1 atom stereocenters. The molecule has 18 heavy (non-hydrogen) atoms. The van der Waals surface area contributed by atoms with Crippen LogP contribution >= 0.6 is 11.8 Å². The lowest BCUT2D eigenvalue weighted by Gasteiger charge is -2.28. The van der Waals surface area contributed by atoms with Crippen molar-refractivity contribution in [3.63, 3.8) is 0 Å². The molecule has 0 fully saturated rings. The minimum absolute atomic E-state index is 0.383. The quantitative estimate of drug-likeness (QED) is 0.727. The molecule has 0 spiro atoms. The molecular formula is C11H21F3O2SSi. The van der Waals surface area contributed by atoms with E-state index in [2.05, 4.69) is 0 Å². The molecule has 0 heterocycles. The maximum atomic E-state index is 12.8. The van der Waals surface area contributed by atoms with E-state index < -0.39 is 32.1 Å². The van der Waals surface area contributed by atoms with Crippen molar-refractivity contribution in [2.45, 2.75) is 63.9 Å². The smallest absolute Gasteiger partial charge is 0.406 e. The van der Waals surface area contributed by atoms with Crippen molar-refractivity contribution >= 4 is 25.2 Å². The first kappa shape index (κ1) is 18.0. The van der Waals surface area contributed by atoms with Crippen molar-refractivity contribution in [1.29, 1.82) is 0 Å². The van der Waals surface area contributed by atoms with E-state index in [1.165, 1.54) is 0 Å². The highest BCUT2D eigenvalue weighted by atomic mass is 32.2. The van der Waals surface area contributed by atoms with Crippen LogP contribution in [0.4, 0.5) is 13.2 Å². The lowest BCUT2D eigenvalue weighted by atomic mass is 10.2. The Hall–Kier alpha value is -0.0131. The minimum atomic E-state index is -4.49. The molecule has 2 nitrogen and oxygen atoms in total. The van der Waals surface area contributed by atoms with Crippen LogP contribution in [0.1, 0.15) is 27.2 Å². The Kier molecular flexibility index (Phi) is 5.96. The fourth-order valence-electron chi connectivity index (χ4n) is 1.19. The number of hydrogen-bond donors (Lipinski definition) is 0. The van der Waals surface area contributed by atoms with Crippen LogP contribution in [-0.4, -0.2) is 30.5 Å². The van der Waals surface area contributed by atoms with Gasteiger partial charge in [0.1, 0.15) is 6.10 Å². The van der Waals surface area contributed by atoms with Crippen LogP contribution in [0.5, 0.6) is 0 Å². The molecule has 7 heteroatoms. The van der Waals surface area contributed by atoms with Gasteiger partial charge in [0.15, 0.2) is 13.4 Å². The van der Waals surface area contributed by atoms with E-state index in [9.17, 15) is 18.0 Å². The van der Waals surface area contributed by atoms with Crippen molar-refractivity contribution in [2.75, 3.05) is 0 Å². The second kappa shape index (κ2) is 5.96. The highest BCUT2D eigenvalue weighted by Crippen LogP contribution is 2.32. The monoisotopic (exact) mass is 302 g/mol. The molecule has 0 unspecified atom stereocenters. The maximum absolute atomic E-state index is 12.8. The Bertz CT molecular complexity index is 292. The normalized spacial score (nSPS) is 15.6. The lowest BCUT2D eigenvalue weighted by Crippen LogP contribution is -2.42. The lowest BCUT2D eigenvalue weighted by molar-refractivity contribution is -0.198. The van der Waals surface area contributed by atoms with Crippen molar-refractivity contribution in [3.8, 4) is 0 Å². The molecule has 0 N–H and O–H groups in total. The number of carbonyl (C=O) groups is 1. The van der Waals surface area contributed by atoms with Gasteiger partial charge in [-0.2, -0.15) is 13.2 Å². The zero-order valence-electron chi connectivity index (χ0n) is 11.6. The number of alkyl halides is 3. The third-order valence-electron chi connectivity index (χ3n) is 1.63. The van der Waals surface area contributed by atoms with Gasteiger partial charge < -0.3 is 4.43 Å². The predicted molar refractivity (Wildman–Crippen MR) is 71.2 cm³/mol. The van der Waals surface area contributed by atoms with Gasteiger partial charge in [0, 0.05) is 4.75 Å². The van der Waals surface area contributed by atoms with Gasteiger partial charge in [0.2, 0.25) is 0 Å². The average molecular weight is 302 g/mol. The summed E-state index contributed by atoms with van der Waals surface area (Å²) >= 11 is 0.924. The van der Waals surface area contributed by atoms with E-state index >= 15 is 0 Å². The van der Waals surface area contributed by atoms with Crippen molar-refractivity contribution < 1.29 is 22.4 Å². The topological polar surface area (TPSA) is 26.3 Å². The number of hydrogen-bond acceptors (Lipinski definition) is 3. The van der Waals surface area contributed by atoms with Crippen LogP contribution in [0.15, 0.2) is 0 Å². The molecule has 0 aliphatic carbocycles. The van der Waals surface area contributed by atoms with Gasteiger partial charge in [-0.05, 0) is 19.6 Å². The molecule has 108 valence electrons. The maximum Gasteiger partial charge on any atom is 0.413 e. The van der Waals surface area contributed by atoms with Crippen LogP contribution in [0.25, 0.3) is 0 Å². The molecule has 0 saturated carbocycles. The van der Waals surface area contributed by atoms with Crippen LogP contribution < -0.4 is 0 Å². The summed E-state index contributed by atoms with van der Waals surface area (Å²) in [4.78, 5) is 11.6. The van der Waals surface area contributed by atoms with E-state index in [0.29, 0.717) is 0 Å². The first-order valence-electron chi connectivity index (χ1n) is 5.67. The molecule has 0 aromatic rings. The van der Waals surface area contributed by atoms with Gasteiger partial charge in [-0.15, -0.1) is 0 Å². The van der Waals surface area contributed by atoms with E-state index in [0.717, 1.165) is 11.8 Å². The molecular weight excluding hydrogens is 281 g/mol. The summed E-state index contributed by atoms with van der Waals surface area (Å²) in [6.45, 7) is 10.4. The number of thioether (sulfide) groups is 1. The molecule has 0 saturated heterocycles. The second-order valence-corrected chi connectivity index (χ2v) is 12.4. The van der Waals surface area contributed by atoms with Gasteiger partial charge in [-0.3, -0.25) is 4.79 Å². The first-order valence-corrected chi connectivity index (χ1v) is 9.89. The second-order valence-electron chi connectivity index (χ2n) is 6.05. The minimum Gasteiger partial charge on any atom is -0.406 e. The molecule has 0 aliphatic rings. The van der Waals surface area contributed by atoms with Gasteiger partial charge in [-0.1, -0.05) is 32.5 Å². The van der Waals surface area contributed by atoms with Gasteiger partial charge in [0.05, 0.1) is 6.42 Å². The Labute approximate surface area is 112 Å². The summed E-state index contributed by atoms with van der Waals surface area (Å²) in [6.07, 6.45) is -7.09. The molecule has 0 bridgehead atoms. The van der Waals surface area contributed by atoms with Gasteiger partial charge >= 0.3 is 6.18 Å². The number of halogens is 3. The summed E-state index contributed by atoms with van der Waals surface area (Å²) in [5.41, 5.74) is 0. The molecule has 0 aliphatic heterocycles. The third kappa shape index (κ3) is 8.99. The third-order valence-corrected chi connectivity index (χ3v) is 3.63. The van der Waals surface area contributed by atoms with Crippen LogP contribution in [0.3, 0.4) is 0 Å². The fourth-order valence-corrected chi connectivity index (χ4v) is 3.17. The summed E-state index contributed by atoms with van der Waals surface area (Å²) in [7, 11) is -2.34. The van der Waals surface area contributed by atoms with E-state index in [1.54, 1.807) is 40.4 Å². The van der Waals surface area contributed by atoms with Crippen LogP contribution in [0.2, 0.25) is 19.6 Å². The summed E-state index contributed by atoms with van der Waals surface area (Å²) in [5, 5.41) is -0.483. The highest BCUT2D eigenvalue weighted by molar-refractivity contribution is 8.14. The summed E-state index contributed by atoms with van der Waals surface area (Å²) in [5.74, 6) is 0. The Balaban J connectivity index is 4.67. The van der Waals surface area contributed by atoms with E-state index in [-0.39, 0.29) is 4.75 Å². The number of carbonyl (C=O) groups excluding carboxylic acids is 1. The molecule has 0 aromatic carbocycles. The highest BCUT2D eigenvalue weighted by Gasteiger charge is 2.44. The summed E-state index contributed by atoms with van der Waals surface area (Å²) in [6, 6.07) is 0. The zero-order chi connectivity index (χ0) is 14.8. The van der Waals surface area contributed by atoms with Gasteiger partial charge in [0.25, 0.3) is 0 Å². The Morgan fingerprint density at radius 1 is 1.22 bits per heavy atom. The zero-order valence-corrected chi connectivity index (χ0v) is 13.5. The van der Waals surface area contributed by atoms with Gasteiger partial charge in [-0.25, -0.2) is 0 Å². The van der Waals surface area contributed by atoms with Crippen LogP contribution in [-0.2, 0) is 9.22 Å². The average Bonchev–Trinajstić information content (AvgIpc) is 1.93. The first-order chi connectivity index (χ1) is 7.71. The number of rotatable bonds is 4. The summed E-state index contributed by atoms with van der Waals surface area (Å²) < 4.78 is 43.0. The predicted octanol–water partition coefficient (Wildman–Crippen LogP) is 4.22. The van der Waals surface area contributed by atoms with E-state index in [4.69, 9.17) is 4.43 Å². The molecule has 0 radical (unpaired) electrons. The molecule has 0 amide bonds. The molecule has 0 rings (SSSR count). The van der Waals surface area contributed by atoms with Crippen molar-refractivity contribution in [3.05, 3.63) is 0 Å².